The summed E-state index contributed by atoms with van der Waals surface area (Å²) in [5, 5.41) is 13.6. The van der Waals surface area contributed by atoms with Crippen molar-refractivity contribution in [2.24, 2.45) is 0 Å². The summed E-state index contributed by atoms with van der Waals surface area (Å²) in [6, 6.07) is 13.1. The third kappa shape index (κ3) is 14.2. The first kappa shape index (κ1) is 54.0. The molecule has 23 nitrogen and oxygen atoms in total. The number of piperidine rings is 1. The number of nitrogens with zero attached hydrogens (tertiary/aromatic N) is 5. The molecule has 1 unspecified atom stereocenters. The molecule has 5 N–H and O–H groups in total. The van der Waals surface area contributed by atoms with Gasteiger partial charge in [-0.1, -0.05) is 41.9 Å². The maximum absolute atomic E-state index is 13.6. The molecule has 0 aliphatic carbocycles. The van der Waals surface area contributed by atoms with Crippen LogP contribution in [0, 0.1) is 6.92 Å². The Kier molecular flexibility index (Phi) is 17.9. The number of likely N-dealkylation sites (tertiary alicyclic amines) is 1. The average Bonchev–Trinajstić information content (AvgIpc) is 3.86. The van der Waals surface area contributed by atoms with Gasteiger partial charge in [-0.2, -0.15) is 0 Å². The van der Waals surface area contributed by atoms with Gasteiger partial charge < -0.3 is 50.8 Å². The first-order valence-electron chi connectivity index (χ1n) is 23.1. The summed E-state index contributed by atoms with van der Waals surface area (Å²) in [7, 11) is 2.86. The number of hydrogen-bond acceptors (Lipinski definition) is 13. The topological polar surface area (TPSA) is 283 Å². The fraction of sp³-hybridized carbons (Fsp3) is 0.367. The number of hydrogen-bond donors (Lipinski definition) is 5. The first-order chi connectivity index (χ1) is 34.7. The zero-order valence-corrected chi connectivity index (χ0v) is 41.4. The van der Waals surface area contributed by atoms with Gasteiger partial charge in [0.15, 0.2) is 6.73 Å². The molecular weight excluding hydrogens is 972 g/mol. The zero-order valence-electron chi connectivity index (χ0n) is 40.7. The van der Waals surface area contributed by atoms with E-state index in [9.17, 15) is 52.7 Å². The summed E-state index contributed by atoms with van der Waals surface area (Å²) >= 11 is 6.16. The van der Waals surface area contributed by atoms with Gasteiger partial charge in [0.25, 0.3) is 23.6 Å². The van der Waals surface area contributed by atoms with E-state index in [1.165, 1.54) is 37.7 Å². The van der Waals surface area contributed by atoms with E-state index in [1.54, 1.807) is 60.7 Å². The van der Waals surface area contributed by atoms with Crippen molar-refractivity contribution < 1.29 is 62.2 Å². The average molecular weight is 1030 g/mol. The van der Waals surface area contributed by atoms with Gasteiger partial charge in [-0.25, -0.2) is 19.3 Å². The lowest BCUT2D eigenvalue weighted by Gasteiger charge is -2.35. The van der Waals surface area contributed by atoms with Crippen molar-refractivity contribution >= 4 is 88.5 Å². The Morgan fingerprint density at radius 3 is 2.05 bits per heavy atom. The molecule has 12 amide bonds. The van der Waals surface area contributed by atoms with Gasteiger partial charge in [-0.15, -0.1) is 0 Å². The molecule has 1 fully saturated rings. The monoisotopic (exact) mass is 1030 g/mol. The molecule has 0 saturated carbocycles. The summed E-state index contributed by atoms with van der Waals surface area (Å²) in [5.74, 6) is -4.47. The lowest BCUT2D eigenvalue weighted by atomic mass is 10.0. The van der Waals surface area contributed by atoms with E-state index >= 15 is 0 Å². The number of fused-ring (bicyclic) bond motifs is 1. The van der Waals surface area contributed by atoms with Crippen molar-refractivity contribution in [2.45, 2.75) is 77.9 Å². The molecule has 24 heteroatoms. The number of amides is 12. The van der Waals surface area contributed by atoms with E-state index in [0.717, 1.165) is 32.4 Å². The lowest BCUT2D eigenvalue weighted by Crippen LogP contribution is -2.55. The summed E-state index contributed by atoms with van der Waals surface area (Å²) in [6.07, 6.45) is 0.417. The molecule has 3 heterocycles. The van der Waals surface area contributed by atoms with Crippen molar-refractivity contribution in [3.05, 3.63) is 106 Å². The van der Waals surface area contributed by atoms with Gasteiger partial charge >= 0.3 is 18.2 Å². The standard InChI is InChI=1S/C49H55ClN10O13/c1-28-6-10-35(23-37(28)50)55-47(69)51-24-32-9-13-36-33(22-32)25-59(45(36)67)38-14-15-42(64)60(46(38)68)27-73-49(71)57(5)21-20-56(4)48(70)72-26-31-7-11-34(12-8-31)54-44(66)30(3)53-43(65)29(2)52-39(61)18-19-58-40(62)16-17-41(58)63/h6-13,16-17,22-23,29-30,38H,14-15,18-21,24-27H2,1-5H3,(H,52,61)(H,53,65)(H,54,66)(H2,51,55,69)/t29-,30-,38?/m0/s1. The van der Waals surface area contributed by atoms with Gasteiger partial charge in [0.05, 0.1) is 0 Å². The van der Waals surface area contributed by atoms with Gasteiger partial charge in [0.1, 0.15) is 24.7 Å². The second-order valence-corrected chi connectivity index (χ2v) is 17.9. The molecule has 3 aromatic rings. The number of likely N-dealkylation sites (N-methyl/N-ethyl adjacent to an activating group) is 2. The van der Waals surface area contributed by atoms with E-state index < -0.39 is 90.3 Å². The van der Waals surface area contributed by atoms with Crippen LogP contribution in [0.25, 0.3) is 0 Å². The Labute approximate surface area is 424 Å². The highest BCUT2D eigenvalue weighted by molar-refractivity contribution is 6.31. The molecule has 386 valence electrons. The van der Waals surface area contributed by atoms with Crippen LogP contribution in [-0.2, 0) is 62.7 Å². The molecule has 73 heavy (non-hydrogen) atoms. The maximum atomic E-state index is 13.6. The van der Waals surface area contributed by atoms with Crippen LogP contribution in [0.3, 0.4) is 0 Å². The number of aryl methyl sites for hydroxylation is 1. The smallest absolute Gasteiger partial charge is 0.411 e. The molecule has 0 spiro atoms. The van der Waals surface area contributed by atoms with E-state index in [0.29, 0.717) is 38.7 Å². The third-order valence-corrected chi connectivity index (χ3v) is 12.4. The molecule has 3 atom stereocenters. The number of benzene rings is 3. The first-order valence-corrected chi connectivity index (χ1v) is 23.4. The molecule has 6 rings (SSSR count). The quantitative estimate of drug-likeness (QED) is 0.108. The number of urea groups is 1. The highest BCUT2D eigenvalue weighted by atomic mass is 35.5. The van der Waals surface area contributed by atoms with Crippen LogP contribution in [0.4, 0.5) is 25.8 Å². The van der Waals surface area contributed by atoms with Gasteiger partial charge in [-0.05, 0) is 79.8 Å². The minimum atomic E-state index is -1.02. The fourth-order valence-corrected chi connectivity index (χ4v) is 7.76. The third-order valence-electron chi connectivity index (χ3n) is 12.0. The van der Waals surface area contributed by atoms with Crippen LogP contribution < -0.4 is 26.6 Å². The Bertz CT molecular complexity index is 2720. The number of carbonyl (C=O) groups is 11. The minimum Gasteiger partial charge on any atom is -0.445 e. The fourth-order valence-electron chi connectivity index (χ4n) is 7.58. The van der Waals surface area contributed by atoms with Crippen molar-refractivity contribution in [1.29, 1.82) is 0 Å². The van der Waals surface area contributed by atoms with Crippen molar-refractivity contribution in [2.75, 3.05) is 51.1 Å². The van der Waals surface area contributed by atoms with Crippen LogP contribution >= 0.6 is 11.6 Å². The summed E-state index contributed by atoms with van der Waals surface area (Å²) in [5.41, 5.74) is 4.10. The molecule has 3 aromatic carbocycles. The SMILES string of the molecule is Cc1ccc(NC(=O)NCc2ccc3c(c2)CN(C2CCC(=O)N(COC(=O)N(C)CCN(C)C(=O)OCc4ccc(NC(=O)[C@H](C)NC(=O)[C@H](C)NC(=O)CCN5C(=O)C=CC5=O)cc4)C2=O)C3=O)cc1Cl. The molecule has 0 radical (unpaired) electrons. The molecule has 0 bridgehead atoms. The van der Waals surface area contributed by atoms with Crippen LogP contribution in [0.2, 0.25) is 5.02 Å². The van der Waals surface area contributed by atoms with Crippen LogP contribution in [-0.4, -0.2) is 149 Å². The second-order valence-electron chi connectivity index (χ2n) is 17.5. The molecule has 1 saturated heterocycles. The van der Waals surface area contributed by atoms with Crippen molar-refractivity contribution in [1.82, 2.24) is 40.4 Å². The molecule has 0 aromatic heterocycles. The number of anilines is 2. The van der Waals surface area contributed by atoms with Crippen LogP contribution in [0.15, 0.2) is 72.8 Å². The largest absolute Gasteiger partial charge is 0.445 e. The molecule has 3 aliphatic heterocycles. The summed E-state index contributed by atoms with van der Waals surface area (Å²) < 4.78 is 10.7. The number of halogens is 1. The van der Waals surface area contributed by atoms with Gasteiger partial charge in [0, 0.05) is 93.8 Å². The Morgan fingerprint density at radius 1 is 0.753 bits per heavy atom. The van der Waals surface area contributed by atoms with E-state index in [1.807, 2.05) is 6.92 Å². The van der Waals surface area contributed by atoms with Crippen LogP contribution in [0.1, 0.15) is 65.7 Å². The lowest BCUT2D eigenvalue weighted by molar-refractivity contribution is -0.157. The Hall–Kier alpha value is -8.34. The Morgan fingerprint density at radius 2 is 1.38 bits per heavy atom. The number of carbonyl (C=O) groups excluding carboxylic acids is 11. The van der Waals surface area contributed by atoms with E-state index in [-0.39, 0.29) is 58.6 Å². The highest BCUT2D eigenvalue weighted by Gasteiger charge is 2.43. The second kappa shape index (κ2) is 24.2. The van der Waals surface area contributed by atoms with E-state index in [2.05, 4.69) is 26.6 Å². The molecular formula is C49H55ClN10O13. The normalized spacial score (nSPS) is 15.8. The van der Waals surface area contributed by atoms with Crippen molar-refractivity contribution in [3.63, 3.8) is 0 Å². The molecule has 3 aliphatic rings. The summed E-state index contributed by atoms with van der Waals surface area (Å²) in [4.78, 5) is 145. The number of nitrogens with one attached hydrogen (secondary N) is 5. The number of rotatable bonds is 19. The predicted octanol–water partition coefficient (Wildman–Crippen LogP) is 3.00. The van der Waals surface area contributed by atoms with Gasteiger partial charge in [0.2, 0.25) is 23.6 Å². The zero-order chi connectivity index (χ0) is 53.1. The number of imide groups is 2. The summed E-state index contributed by atoms with van der Waals surface area (Å²) in [6.45, 7) is 4.00. The van der Waals surface area contributed by atoms with E-state index in [4.69, 9.17) is 21.1 Å². The predicted molar refractivity (Wildman–Crippen MR) is 261 cm³/mol. The van der Waals surface area contributed by atoms with Gasteiger partial charge in [-0.3, -0.25) is 43.3 Å². The number of ether oxygens (including phenoxy) is 2. The van der Waals surface area contributed by atoms with Crippen molar-refractivity contribution in [3.8, 4) is 0 Å². The highest BCUT2D eigenvalue weighted by Crippen LogP contribution is 2.30. The minimum absolute atomic E-state index is 0.0105. The van der Waals surface area contributed by atoms with Crippen LogP contribution in [0.5, 0.6) is 0 Å². The Balaban J connectivity index is 0.871. The maximum Gasteiger partial charge on any atom is 0.411 e.